The summed E-state index contributed by atoms with van der Waals surface area (Å²) in [6, 6.07) is 0. The molecule has 0 radical (unpaired) electrons. The monoisotopic (exact) mass is 187 g/mol. The lowest BCUT2D eigenvalue weighted by Gasteiger charge is -2.27. The van der Waals surface area contributed by atoms with Gasteiger partial charge in [-0.2, -0.15) is 0 Å². The molecule has 0 aromatic carbocycles. The molecular weight excluding hydrogens is 170 g/mol. The number of hydrogen-bond donors (Lipinski definition) is 2. The molecule has 0 spiro atoms. The number of aliphatic hydroxyl groups excluding tert-OH is 1. The summed E-state index contributed by atoms with van der Waals surface area (Å²) < 4.78 is 4.54. The highest BCUT2D eigenvalue weighted by Crippen LogP contribution is 2.18. The van der Waals surface area contributed by atoms with E-state index >= 15 is 0 Å². The van der Waals surface area contributed by atoms with Crippen molar-refractivity contribution in [2.45, 2.75) is 25.4 Å². The lowest BCUT2D eigenvalue weighted by Crippen LogP contribution is -2.40. The lowest BCUT2D eigenvalue weighted by atomic mass is 9.91. The van der Waals surface area contributed by atoms with Crippen LogP contribution in [0.1, 0.15) is 19.3 Å². The molecule has 1 fully saturated rings. The second-order valence-electron chi connectivity index (χ2n) is 3.44. The lowest BCUT2D eigenvalue weighted by molar-refractivity contribution is -0.141. The minimum atomic E-state index is -0.307. The van der Waals surface area contributed by atoms with E-state index in [1.54, 1.807) is 0 Å². The Balaban J connectivity index is 2.22. The van der Waals surface area contributed by atoms with E-state index in [0.29, 0.717) is 13.0 Å². The van der Waals surface area contributed by atoms with Crippen molar-refractivity contribution in [2.24, 2.45) is 5.92 Å². The molecule has 1 rings (SSSR count). The second-order valence-corrected chi connectivity index (χ2v) is 3.44. The zero-order valence-electron chi connectivity index (χ0n) is 7.95. The van der Waals surface area contributed by atoms with Crippen molar-refractivity contribution in [1.29, 1.82) is 0 Å². The molecule has 0 bridgehead atoms. The summed E-state index contributed by atoms with van der Waals surface area (Å²) in [6.45, 7) is 1.58. The smallest absolute Gasteiger partial charge is 0.305 e. The van der Waals surface area contributed by atoms with Crippen molar-refractivity contribution < 1.29 is 14.6 Å². The SMILES string of the molecule is COC(=O)CC[C@H]1CCNC[C@H]1O. The Labute approximate surface area is 78.3 Å². The third-order valence-corrected chi connectivity index (χ3v) is 2.54. The standard InChI is InChI=1S/C9H17NO3/c1-13-9(12)3-2-7-4-5-10-6-8(7)11/h7-8,10-11H,2-6H2,1H3/t7-,8+/m0/s1. The molecule has 0 aliphatic carbocycles. The van der Waals surface area contributed by atoms with E-state index in [2.05, 4.69) is 10.1 Å². The average Bonchev–Trinajstić information content (AvgIpc) is 2.16. The van der Waals surface area contributed by atoms with Crippen molar-refractivity contribution in [3.05, 3.63) is 0 Å². The third kappa shape index (κ3) is 3.32. The first kappa shape index (κ1) is 10.5. The van der Waals surface area contributed by atoms with Crippen LogP contribution in [-0.2, 0) is 9.53 Å². The zero-order chi connectivity index (χ0) is 9.68. The van der Waals surface area contributed by atoms with Crippen molar-refractivity contribution in [1.82, 2.24) is 5.32 Å². The van der Waals surface area contributed by atoms with Gasteiger partial charge in [-0.05, 0) is 25.3 Å². The van der Waals surface area contributed by atoms with Gasteiger partial charge in [0.15, 0.2) is 0 Å². The van der Waals surface area contributed by atoms with Crippen LogP contribution in [0.2, 0.25) is 0 Å². The Morgan fingerprint density at radius 3 is 3.08 bits per heavy atom. The fourth-order valence-corrected chi connectivity index (χ4v) is 1.64. The van der Waals surface area contributed by atoms with E-state index in [0.717, 1.165) is 19.4 Å². The third-order valence-electron chi connectivity index (χ3n) is 2.54. The fraction of sp³-hybridized carbons (Fsp3) is 0.889. The van der Waals surface area contributed by atoms with Gasteiger partial charge >= 0.3 is 5.97 Å². The number of nitrogens with one attached hydrogen (secondary N) is 1. The summed E-state index contributed by atoms with van der Waals surface area (Å²) in [6.07, 6.45) is 1.78. The summed E-state index contributed by atoms with van der Waals surface area (Å²) in [7, 11) is 1.39. The Kier molecular flexibility index (Phi) is 4.18. The Morgan fingerprint density at radius 1 is 1.69 bits per heavy atom. The zero-order valence-corrected chi connectivity index (χ0v) is 7.95. The van der Waals surface area contributed by atoms with Gasteiger partial charge in [-0.15, -0.1) is 0 Å². The van der Waals surface area contributed by atoms with Crippen molar-refractivity contribution in [3.63, 3.8) is 0 Å². The molecule has 1 aliphatic rings. The van der Waals surface area contributed by atoms with Gasteiger partial charge in [0, 0.05) is 13.0 Å². The largest absolute Gasteiger partial charge is 0.469 e. The predicted octanol–water partition coefficient (Wildman–Crippen LogP) is -0.0900. The van der Waals surface area contributed by atoms with Gasteiger partial charge in [0.25, 0.3) is 0 Å². The van der Waals surface area contributed by atoms with E-state index < -0.39 is 0 Å². The number of rotatable bonds is 3. The highest BCUT2D eigenvalue weighted by Gasteiger charge is 2.23. The number of carbonyl (C=O) groups excluding carboxylic acids is 1. The molecule has 2 atom stereocenters. The summed E-state index contributed by atoms with van der Waals surface area (Å²) in [4.78, 5) is 10.8. The molecular formula is C9H17NO3. The van der Waals surface area contributed by atoms with Crippen LogP contribution in [-0.4, -0.2) is 37.4 Å². The van der Waals surface area contributed by atoms with E-state index in [4.69, 9.17) is 0 Å². The van der Waals surface area contributed by atoms with Crippen LogP contribution in [0.25, 0.3) is 0 Å². The van der Waals surface area contributed by atoms with Crippen LogP contribution in [0.15, 0.2) is 0 Å². The number of hydrogen-bond acceptors (Lipinski definition) is 4. The van der Waals surface area contributed by atoms with Crippen LogP contribution in [0.3, 0.4) is 0 Å². The number of piperidine rings is 1. The van der Waals surface area contributed by atoms with E-state index in [1.165, 1.54) is 7.11 Å². The number of methoxy groups -OCH3 is 1. The highest BCUT2D eigenvalue weighted by atomic mass is 16.5. The van der Waals surface area contributed by atoms with Gasteiger partial charge in [-0.25, -0.2) is 0 Å². The Morgan fingerprint density at radius 2 is 2.46 bits per heavy atom. The maximum absolute atomic E-state index is 10.8. The molecule has 1 saturated heterocycles. The summed E-state index contributed by atoms with van der Waals surface area (Å²) in [5.41, 5.74) is 0. The highest BCUT2D eigenvalue weighted by molar-refractivity contribution is 5.69. The number of carbonyl (C=O) groups is 1. The van der Waals surface area contributed by atoms with Crippen LogP contribution in [0, 0.1) is 5.92 Å². The number of esters is 1. The molecule has 0 aromatic heterocycles. The van der Waals surface area contributed by atoms with Gasteiger partial charge in [0.2, 0.25) is 0 Å². The second kappa shape index (κ2) is 5.19. The van der Waals surface area contributed by atoms with E-state index in [1.807, 2.05) is 0 Å². The van der Waals surface area contributed by atoms with Crippen LogP contribution < -0.4 is 5.32 Å². The number of β-amino-alcohol motifs (C(OH)–C–C–N with tert-alkyl or cyclic N) is 1. The van der Waals surface area contributed by atoms with Gasteiger partial charge in [0.1, 0.15) is 0 Å². The molecule has 0 aromatic rings. The van der Waals surface area contributed by atoms with Crippen LogP contribution >= 0.6 is 0 Å². The molecule has 2 N–H and O–H groups in total. The topological polar surface area (TPSA) is 58.6 Å². The van der Waals surface area contributed by atoms with Crippen LogP contribution in [0.4, 0.5) is 0 Å². The Hall–Kier alpha value is -0.610. The first-order valence-corrected chi connectivity index (χ1v) is 4.69. The quantitative estimate of drug-likeness (QED) is 0.606. The molecule has 0 unspecified atom stereocenters. The fourth-order valence-electron chi connectivity index (χ4n) is 1.64. The molecule has 13 heavy (non-hydrogen) atoms. The maximum atomic E-state index is 10.8. The first-order valence-electron chi connectivity index (χ1n) is 4.69. The maximum Gasteiger partial charge on any atom is 0.305 e. The predicted molar refractivity (Wildman–Crippen MR) is 48.2 cm³/mol. The normalized spacial score (nSPS) is 28.5. The van der Waals surface area contributed by atoms with Crippen LogP contribution in [0.5, 0.6) is 0 Å². The average molecular weight is 187 g/mol. The molecule has 0 amide bonds. The van der Waals surface area contributed by atoms with Gasteiger partial charge in [-0.1, -0.05) is 0 Å². The van der Waals surface area contributed by atoms with Crippen molar-refractivity contribution in [2.75, 3.05) is 20.2 Å². The molecule has 4 nitrogen and oxygen atoms in total. The first-order chi connectivity index (χ1) is 6.24. The molecule has 76 valence electrons. The molecule has 1 heterocycles. The van der Waals surface area contributed by atoms with E-state index in [9.17, 15) is 9.90 Å². The van der Waals surface area contributed by atoms with Gasteiger partial charge < -0.3 is 15.2 Å². The summed E-state index contributed by atoms with van der Waals surface area (Å²) in [5.74, 6) is 0.0612. The van der Waals surface area contributed by atoms with Gasteiger partial charge in [0.05, 0.1) is 13.2 Å². The molecule has 0 saturated carbocycles. The minimum absolute atomic E-state index is 0.189. The Bertz CT molecular complexity index is 172. The van der Waals surface area contributed by atoms with Gasteiger partial charge in [-0.3, -0.25) is 4.79 Å². The van der Waals surface area contributed by atoms with Crippen molar-refractivity contribution in [3.8, 4) is 0 Å². The summed E-state index contributed by atoms with van der Waals surface area (Å²) >= 11 is 0. The molecule has 1 aliphatic heterocycles. The van der Waals surface area contributed by atoms with E-state index in [-0.39, 0.29) is 18.0 Å². The number of aliphatic hydroxyl groups is 1. The molecule has 4 heteroatoms. The van der Waals surface area contributed by atoms with Crippen molar-refractivity contribution >= 4 is 5.97 Å². The summed E-state index contributed by atoms with van der Waals surface area (Å²) in [5, 5.41) is 12.6. The minimum Gasteiger partial charge on any atom is -0.469 e. The number of ether oxygens (including phenoxy) is 1.